The standard InChI is InChI=1S/C29H40N6O6/c1-5-24(37)34-10-7-21(18-34)35-29(31-8-6-9-33-11-13-41-14-12-33)26(28(30)38)27(32-35)25(19(2)36)20-15-22(39-3)17-23(16-20)40-4/h5,15-17,21,25,31H,1,6-14,18H2,2-4H3,(H2,30,38)/t21-,25-/m0/s1. The molecule has 3 N–H and O–H groups in total. The molecule has 3 heterocycles. The molecule has 0 unspecified atom stereocenters. The first-order chi connectivity index (χ1) is 19.8. The molecule has 0 radical (unpaired) electrons. The van der Waals surface area contributed by atoms with Gasteiger partial charge in [-0.05, 0) is 50.1 Å². The van der Waals surface area contributed by atoms with Gasteiger partial charge in [0, 0.05) is 38.8 Å². The van der Waals surface area contributed by atoms with Crippen molar-refractivity contribution in [1.29, 1.82) is 0 Å². The second kappa shape index (κ2) is 13.6. The monoisotopic (exact) mass is 568 g/mol. The van der Waals surface area contributed by atoms with E-state index in [1.54, 1.807) is 27.8 Å². The molecule has 12 nitrogen and oxygen atoms in total. The number of carbonyl (C=O) groups is 3. The fourth-order valence-electron chi connectivity index (χ4n) is 5.52. The van der Waals surface area contributed by atoms with E-state index in [2.05, 4.69) is 16.8 Å². The maximum absolute atomic E-state index is 13.2. The summed E-state index contributed by atoms with van der Waals surface area (Å²) in [5.74, 6) is -0.526. The molecule has 2 aromatic rings. The second-order valence-corrected chi connectivity index (χ2v) is 10.3. The summed E-state index contributed by atoms with van der Waals surface area (Å²) in [5, 5.41) is 8.28. The molecule has 2 aliphatic heterocycles. The van der Waals surface area contributed by atoms with Crippen LogP contribution in [0, 0.1) is 0 Å². The van der Waals surface area contributed by atoms with Crippen LogP contribution in [0.4, 0.5) is 5.82 Å². The number of anilines is 1. The summed E-state index contributed by atoms with van der Waals surface area (Å²) in [7, 11) is 3.06. The van der Waals surface area contributed by atoms with Gasteiger partial charge in [0.2, 0.25) is 5.91 Å². The zero-order valence-corrected chi connectivity index (χ0v) is 24.1. The summed E-state index contributed by atoms with van der Waals surface area (Å²) < 4.78 is 18.0. The summed E-state index contributed by atoms with van der Waals surface area (Å²) in [4.78, 5) is 42.6. The largest absolute Gasteiger partial charge is 0.497 e. The smallest absolute Gasteiger partial charge is 0.254 e. The fraction of sp³-hybridized carbons (Fsp3) is 0.517. The van der Waals surface area contributed by atoms with Crippen molar-refractivity contribution in [2.75, 3.05) is 72.0 Å². The van der Waals surface area contributed by atoms with Crippen LogP contribution in [0.5, 0.6) is 11.5 Å². The van der Waals surface area contributed by atoms with E-state index >= 15 is 0 Å². The van der Waals surface area contributed by atoms with Gasteiger partial charge < -0.3 is 30.2 Å². The number of primary amides is 1. The van der Waals surface area contributed by atoms with Crippen molar-refractivity contribution >= 4 is 23.4 Å². The van der Waals surface area contributed by atoms with Gasteiger partial charge in [-0.1, -0.05) is 6.58 Å². The third-order valence-corrected chi connectivity index (χ3v) is 7.61. The first-order valence-corrected chi connectivity index (χ1v) is 13.9. The Labute approximate surface area is 240 Å². The van der Waals surface area contributed by atoms with Gasteiger partial charge >= 0.3 is 0 Å². The molecule has 2 aliphatic rings. The number of hydrogen-bond acceptors (Lipinski definition) is 9. The van der Waals surface area contributed by atoms with Crippen LogP contribution in [0.2, 0.25) is 0 Å². The van der Waals surface area contributed by atoms with Crippen LogP contribution in [0.25, 0.3) is 0 Å². The number of amides is 2. The van der Waals surface area contributed by atoms with Crippen LogP contribution in [0.1, 0.15) is 53.3 Å². The summed E-state index contributed by atoms with van der Waals surface area (Å²) in [6, 6.07) is 4.95. The first kappa shape index (κ1) is 30.1. The number of rotatable bonds is 13. The van der Waals surface area contributed by atoms with Gasteiger partial charge in [0.25, 0.3) is 5.91 Å². The lowest BCUT2D eigenvalue weighted by atomic mass is 9.89. The number of hydrogen-bond donors (Lipinski definition) is 2. The third kappa shape index (κ3) is 6.88. The molecule has 4 rings (SSSR count). The third-order valence-electron chi connectivity index (χ3n) is 7.61. The number of nitrogens with zero attached hydrogens (tertiary/aromatic N) is 4. The summed E-state index contributed by atoms with van der Waals surface area (Å²) in [6.45, 7) is 10.6. The average molecular weight is 569 g/mol. The SMILES string of the molecule is C=CC(=O)N1CC[C@H](n2nc([C@@H](C(C)=O)c3cc(OC)cc(OC)c3)c(C(N)=O)c2NCCCN2CCOCC2)C1. The number of Topliss-reactive ketones (excluding diaryl/α,β-unsaturated/α-hetero) is 1. The van der Waals surface area contributed by atoms with Crippen LogP contribution >= 0.6 is 0 Å². The van der Waals surface area contributed by atoms with Crippen molar-refractivity contribution in [1.82, 2.24) is 19.6 Å². The topological polar surface area (TPSA) is 141 Å². The van der Waals surface area contributed by atoms with Gasteiger partial charge in [-0.2, -0.15) is 5.10 Å². The minimum atomic E-state index is -0.899. The van der Waals surface area contributed by atoms with Crippen molar-refractivity contribution in [2.24, 2.45) is 5.73 Å². The fourth-order valence-corrected chi connectivity index (χ4v) is 5.52. The molecular weight excluding hydrogens is 528 g/mol. The molecule has 1 aromatic heterocycles. The molecule has 12 heteroatoms. The molecule has 41 heavy (non-hydrogen) atoms. The molecule has 2 fully saturated rings. The molecule has 0 saturated carbocycles. The minimum absolute atomic E-state index is 0.159. The quantitative estimate of drug-likeness (QED) is 0.273. The number of nitrogens with two attached hydrogens (primary N) is 1. The highest BCUT2D eigenvalue weighted by Crippen LogP contribution is 2.37. The number of carbonyl (C=O) groups excluding carboxylic acids is 3. The van der Waals surface area contributed by atoms with Crippen molar-refractivity contribution in [3.8, 4) is 11.5 Å². The zero-order valence-electron chi connectivity index (χ0n) is 24.1. The molecule has 2 amide bonds. The Morgan fingerprint density at radius 3 is 2.44 bits per heavy atom. The van der Waals surface area contributed by atoms with Gasteiger partial charge in [-0.3, -0.25) is 19.3 Å². The van der Waals surface area contributed by atoms with Crippen LogP contribution in [0.15, 0.2) is 30.9 Å². The molecule has 1 aromatic carbocycles. The number of aromatic nitrogens is 2. The van der Waals surface area contributed by atoms with Crippen LogP contribution in [-0.4, -0.2) is 104 Å². The number of ketones is 1. The van der Waals surface area contributed by atoms with E-state index in [9.17, 15) is 14.4 Å². The molecule has 222 valence electrons. The zero-order chi connectivity index (χ0) is 29.5. The number of nitrogens with one attached hydrogen (secondary N) is 1. The summed E-state index contributed by atoms with van der Waals surface area (Å²) >= 11 is 0. The number of morpholine rings is 1. The Morgan fingerprint density at radius 1 is 1.17 bits per heavy atom. The number of benzene rings is 1. The Balaban J connectivity index is 1.74. The number of likely N-dealkylation sites (tertiary alicyclic amines) is 1. The predicted molar refractivity (Wildman–Crippen MR) is 154 cm³/mol. The molecule has 0 bridgehead atoms. The van der Waals surface area contributed by atoms with Gasteiger partial charge in [0.1, 0.15) is 28.7 Å². The number of methoxy groups -OCH3 is 2. The van der Waals surface area contributed by atoms with Crippen LogP contribution in [-0.2, 0) is 14.3 Å². The lowest BCUT2D eigenvalue weighted by Gasteiger charge is -2.26. The maximum Gasteiger partial charge on any atom is 0.254 e. The summed E-state index contributed by atoms with van der Waals surface area (Å²) in [5.41, 5.74) is 6.96. The highest BCUT2D eigenvalue weighted by atomic mass is 16.5. The van der Waals surface area contributed by atoms with Crippen molar-refractivity contribution in [3.63, 3.8) is 0 Å². The van der Waals surface area contributed by atoms with Crippen LogP contribution < -0.4 is 20.5 Å². The van der Waals surface area contributed by atoms with Crippen LogP contribution in [0.3, 0.4) is 0 Å². The van der Waals surface area contributed by atoms with Gasteiger partial charge in [-0.15, -0.1) is 0 Å². The van der Waals surface area contributed by atoms with E-state index in [-0.39, 0.29) is 29.0 Å². The Kier molecular flexibility index (Phi) is 10.0. The minimum Gasteiger partial charge on any atom is -0.497 e. The molecule has 2 saturated heterocycles. The molecule has 0 spiro atoms. The molecule has 2 atom stereocenters. The van der Waals surface area contributed by atoms with Gasteiger partial charge in [-0.25, -0.2) is 4.68 Å². The molecular formula is C29H40N6O6. The Morgan fingerprint density at radius 2 is 1.85 bits per heavy atom. The average Bonchev–Trinajstić information content (AvgIpc) is 3.60. The highest BCUT2D eigenvalue weighted by Gasteiger charge is 2.36. The van der Waals surface area contributed by atoms with Crippen molar-refractivity contribution < 1.29 is 28.6 Å². The van der Waals surface area contributed by atoms with Gasteiger partial charge in [0.15, 0.2) is 0 Å². The number of ether oxygens (including phenoxy) is 3. The first-order valence-electron chi connectivity index (χ1n) is 13.9. The van der Waals surface area contributed by atoms with E-state index in [0.717, 1.165) is 39.3 Å². The lowest BCUT2D eigenvalue weighted by molar-refractivity contribution is -0.125. The van der Waals surface area contributed by atoms with E-state index in [1.807, 2.05) is 0 Å². The second-order valence-electron chi connectivity index (χ2n) is 10.3. The van der Waals surface area contributed by atoms with Gasteiger partial charge in [0.05, 0.1) is 45.1 Å². The predicted octanol–water partition coefficient (Wildman–Crippen LogP) is 1.81. The van der Waals surface area contributed by atoms with E-state index in [0.29, 0.717) is 48.9 Å². The normalized spacial score (nSPS) is 18.1. The summed E-state index contributed by atoms with van der Waals surface area (Å²) in [6.07, 6.45) is 2.73. The lowest BCUT2D eigenvalue weighted by Crippen LogP contribution is -2.37. The molecule has 0 aliphatic carbocycles. The van der Waals surface area contributed by atoms with Crippen molar-refractivity contribution in [2.45, 2.75) is 31.7 Å². The Bertz CT molecular complexity index is 1250. The van der Waals surface area contributed by atoms with E-state index < -0.39 is 11.8 Å². The van der Waals surface area contributed by atoms with E-state index in [4.69, 9.17) is 25.0 Å². The van der Waals surface area contributed by atoms with Crippen molar-refractivity contribution in [3.05, 3.63) is 47.7 Å². The van der Waals surface area contributed by atoms with E-state index in [1.165, 1.54) is 27.2 Å². The Hall–Kier alpha value is -3.90. The highest BCUT2D eigenvalue weighted by molar-refractivity contribution is 6.01. The maximum atomic E-state index is 13.2.